The standard InChI is InChI=1S/C12H14BrFN4O/c1-5(2)10(11(15)19)18-9-3-6(13)7(14)4-8(9)17-12(18)16/h3-5,10H,1-2H3,(H2,15,19)(H2,16,17). The molecule has 0 fully saturated rings. The maximum Gasteiger partial charge on any atom is 0.240 e. The largest absolute Gasteiger partial charge is 0.369 e. The third-order valence-electron chi connectivity index (χ3n) is 2.96. The minimum absolute atomic E-state index is 0.0546. The average Bonchev–Trinajstić information content (AvgIpc) is 2.56. The minimum atomic E-state index is -0.623. The molecule has 1 heterocycles. The average molecular weight is 329 g/mol. The normalized spacial score (nSPS) is 13.1. The second-order valence-corrected chi connectivity index (χ2v) is 5.54. The number of hydrogen-bond acceptors (Lipinski definition) is 3. The van der Waals surface area contributed by atoms with E-state index in [9.17, 15) is 9.18 Å². The molecule has 2 aromatic rings. The number of nitrogen functional groups attached to an aromatic ring is 1. The van der Waals surface area contributed by atoms with Crippen LogP contribution in [0.5, 0.6) is 0 Å². The van der Waals surface area contributed by atoms with E-state index in [1.807, 2.05) is 13.8 Å². The molecule has 19 heavy (non-hydrogen) atoms. The molecule has 5 nitrogen and oxygen atoms in total. The molecule has 1 aromatic heterocycles. The van der Waals surface area contributed by atoms with Gasteiger partial charge < -0.3 is 11.5 Å². The van der Waals surface area contributed by atoms with Crippen LogP contribution >= 0.6 is 15.9 Å². The lowest BCUT2D eigenvalue weighted by Gasteiger charge is -2.21. The number of carbonyl (C=O) groups is 1. The van der Waals surface area contributed by atoms with Gasteiger partial charge in [0.1, 0.15) is 11.9 Å². The Hall–Kier alpha value is -1.63. The molecular weight excluding hydrogens is 315 g/mol. The molecule has 0 radical (unpaired) electrons. The van der Waals surface area contributed by atoms with Crippen LogP contribution in [0.1, 0.15) is 19.9 Å². The van der Waals surface area contributed by atoms with Crippen molar-refractivity contribution in [2.75, 3.05) is 5.73 Å². The molecule has 1 atom stereocenters. The fourth-order valence-electron chi connectivity index (χ4n) is 2.16. The van der Waals surface area contributed by atoms with E-state index in [4.69, 9.17) is 11.5 Å². The van der Waals surface area contributed by atoms with E-state index in [1.54, 1.807) is 10.6 Å². The molecule has 0 saturated carbocycles. The number of carbonyl (C=O) groups excluding carboxylic acids is 1. The summed E-state index contributed by atoms with van der Waals surface area (Å²) in [6, 6.07) is 2.19. The quantitative estimate of drug-likeness (QED) is 0.905. The number of rotatable bonds is 3. The number of halogens is 2. The summed E-state index contributed by atoms with van der Waals surface area (Å²) < 4.78 is 15.3. The maximum absolute atomic E-state index is 13.5. The minimum Gasteiger partial charge on any atom is -0.369 e. The van der Waals surface area contributed by atoms with Crippen LogP contribution < -0.4 is 11.5 Å². The van der Waals surface area contributed by atoms with Crippen molar-refractivity contribution in [3.63, 3.8) is 0 Å². The van der Waals surface area contributed by atoms with Crippen molar-refractivity contribution in [1.82, 2.24) is 9.55 Å². The van der Waals surface area contributed by atoms with Gasteiger partial charge in [-0.3, -0.25) is 9.36 Å². The molecule has 0 bridgehead atoms. The number of nitrogens with zero attached hydrogens (tertiary/aromatic N) is 2. The van der Waals surface area contributed by atoms with Gasteiger partial charge in [-0.15, -0.1) is 0 Å². The lowest BCUT2D eigenvalue weighted by Crippen LogP contribution is -2.31. The molecule has 1 aromatic carbocycles. The van der Waals surface area contributed by atoms with Crippen LogP contribution in [-0.4, -0.2) is 15.5 Å². The molecule has 2 rings (SSSR count). The first-order valence-electron chi connectivity index (χ1n) is 5.74. The Morgan fingerprint density at radius 2 is 2.11 bits per heavy atom. The molecule has 1 unspecified atom stereocenters. The van der Waals surface area contributed by atoms with Crippen molar-refractivity contribution in [2.24, 2.45) is 11.7 Å². The highest BCUT2D eigenvalue weighted by molar-refractivity contribution is 9.10. The van der Waals surface area contributed by atoms with Gasteiger partial charge in [0.05, 0.1) is 15.5 Å². The molecule has 1 amide bonds. The van der Waals surface area contributed by atoms with Crippen LogP contribution in [0.25, 0.3) is 11.0 Å². The van der Waals surface area contributed by atoms with Gasteiger partial charge >= 0.3 is 0 Å². The molecule has 0 spiro atoms. The Labute approximate surface area is 117 Å². The van der Waals surface area contributed by atoms with E-state index < -0.39 is 17.8 Å². The topological polar surface area (TPSA) is 86.9 Å². The summed E-state index contributed by atoms with van der Waals surface area (Å²) in [6.45, 7) is 3.72. The SMILES string of the molecule is CC(C)C(C(N)=O)n1c(N)nc2cc(F)c(Br)cc21. The Kier molecular flexibility index (Phi) is 3.49. The maximum atomic E-state index is 13.5. The van der Waals surface area contributed by atoms with Gasteiger partial charge in [0.25, 0.3) is 0 Å². The lowest BCUT2D eigenvalue weighted by molar-refractivity contribution is -0.122. The number of fused-ring (bicyclic) bond motifs is 1. The van der Waals surface area contributed by atoms with Crippen molar-refractivity contribution in [1.29, 1.82) is 0 Å². The van der Waals surface area contributed by atoms with Crippen molar-refractivity contribution < 1.29 is 9.18 Å². The molecule has 4 N–H and O–H groups in total. The number of aromatic nitrogens is 2. The number of imidazole rings is 1. The first-order chi connectivity index (χ1) is 8.82. The zero-order valence-corrected chi connectivity index (χ0v) is 12.1. The number of benzene rings is 1. The number of amides is 1. The van der Waals surface area contributed by atoms with E-state index in [1.165, 1.54) is 6.07 Å². The predicted octanol–water partition coefficient (Wildman–Crippen LogP) is 2.20. The van der Waals surface area contributed by atoms with Crippen molar-refractivity contribution >= 4 is 38.8 Å². The number of anilines is 1. The second-order valence-electron chi connectivity index (χ2n) is 4.69. The van der Waals surface area contributed by atoms with Gasteiger partial charge in [0.15, 0.2) is 0 Å². The van der Waals surface area contributed by atoms with Gasteiger partial charge in [-0.2, -0.15) is 0 Å². The number of nitrogens with two attached hydrogens (primary N) is 2. The highest BCUT2D eigenvalue weighted by atomic mass is 79.9. The van der Waals surface area contributed by atoms with Gasteiger partial charge in [-0.1, -0.05) is 13.8 Å². The zero-order valence-electron chi connectivity index (χ0n) is 10.5. The molecular formula is C12H14BrFN4O. The molecule has 102 valence electrons. The van der Waals surface area contributed by atoms with Crippen LogP contribution in [0.4, 0.5) is 10.3 Å². The molecule has 0 aliphatic carbocycles. The van der Waals surface area contributed by atoms with Gasteiger partial charge in [-0.05, 0) is 27.9 Å². The second kappa shape index (κ2) is 4.80. The van der Waals surface area contributed by atoms with Crippen molar-refractivity contribution in [3.05, 3.63) is 22.4 Å². The van der Waals surface area contributed by atoms with E-state index in [0.29, 0.717) is 11.0 Å². The van der Waals surface area contributed by atoms with Crippen molar-refractivity contribution in [3.8, 4) is 0 Å². The number of primary amides is 1. The first-order valence-corrected chi connectivity index (χ1v) is 6.54. The summed E-state index contributed by atoms with van der Waals surface area (Å²) in [5.74, 6) is -0.843. The number of hydrogen-bond donors (Lipinski definition) is 2. The highest BCUT2D eigenvalue weighted by Crippen LogP contribution is 2.30. The third kappa shape index (κ3) is 2.30. The van der Waals surface area contributed by atoms with Crippen LogP contribution in [0.2, 0.25) is 0 Å². The lowest BCUT2D eigenvalue weighted by atomic mass is 10.0. The fourth-order valence-corrected chi connectivity index (χ4v) is 2.49. The monoisotopic (exact) mass is 328 g/mol. The van der Waals surface area contributed by atoms with Crippen LogP contribution in [0.3, 0.4) is 0 Å². The summed E-state index contributed by atoms with van der Waals surface area (Å²) in [4.78, 5) is 15.7. The predicted molar refractivity (Wildman–Crippen MR) is 74.9 cm³/mol. The smallest absolute Gasteiger partial charge is 0.240 e. The Morgan fingerprint density at radius 3 is 2.63 bits per heavy atom. The summed E-state index contributed by atoms with van der Waals surface area (Å²) in [5, 5.41) is 0. The zero-order chi connectivity index (χ0) is 14.3. The molecule has 0 aliphatic rings. The van der Waals surface area contributed by atoms with E-state index in [0.717, 1.165) is 0 Å². The van der Waals surface area contributed by atoms with Crippen LogP contribution in [0, 0.1) is 11.7 Å². The van der Waals surface area contributed by atoms with E-state index in [2.05, 4.69) is 20.9 Å². The molecule has 7 heteroatoms. The summed E-state index contributed by atoms with van der Waals surface area (Å²) in [6.07, 6.45) is 0. The Balaban J connectivity index is 2.75. The van der Waals surface area contributed by atoms with Crippen LogP contribution in [-0.2, 0) is 4.79 Å². The van der Waals surface area contributed by atoms with Gasteiger partial charge in [0.2, 0.25) is 11.9 Å². The third-order valence-corrected chi connectivity index (χ3v) is 3.57. The Bertz CT molecular complexity index is 653. The first kappa shape index (κ1) is 13.8. The fraction of sp³-hybridized carbons (Fsp3) is 0.333. The van der Waals surface area contributed by atoms with Crippen molar-refractivity contribution in [2.45, 2.75) is 19.9 Å². The summed E-state index contributed by atoms with van der Waals surface area (Å²) >= 11 is 3.11. The van der Waals surface area contributed by atoms with E-state index in [-0.39, 0.29) is 16.3 Å². The Morgan fingerprint density at radius 1 is 1.47 bits per heavy atom. The molecule has 0 saturated heterocycles. The molecule has 0 aliphatic heterocycles. The summed E-state index contributed by atoms with van der Waals surface area (Å²) in [7, 11) is 0. The summed E-state index contributed by atoms with van der Waals surface area (Å²) in [5.41, 5.74) is 12.2. The van der Waals surface area contributed by atoms with E-state index >= 15 is 0 Å². The van der Waals surface area contributed by atoms with Crippen LogP contribution in [0.15, 0.2) is 16.6 Å². The van der Waals surface area contributed by atoms with Gasteiger partial charge in [-0.25, -0.2) is 9.37 Å². The van der Waals surface area contributed by atoms with Gasteiger partial charge in [0, 0.05) is 6.07 Å². The highest BCUT2D eigenvalue weighted by Gasteiger charge is 2.26.